The number of hydrogen-bond acceptors (Lipinski definition) is 6. The van der Waals surface area contributed by atoms with E-state index in [4.69, 9.17) is 9.47 Å². The largest absolute Gasteiger partial charge is 0.458 e. The van der Waals surface area contributed by atoms with Crippen molar-refractivity contribution in [2.24, 2.45) is 5.41 Å². The van der Waals surface area contributed by atoms with Gasteiger partial charge in [0.1, 0.15) is 18.0 Å². The molecule has 172 valence electrons. The van der Waals surface area contributed by atoms with Gasteiger partial charge in [-0.25, -0.2) is 14.6 Å². The Morgan fingerprint density at radius 1 is 1.21 bits per heavy atom. The number of nitrogens with zero attached hydrogens (tertiary/aromatic N) is 2. The van der Waals surface area contributed by atoms with Gasteiger partial charge in [0.05, 0.1) is 5.41 Å². The first-order valence-corrected chi connectivity index (χ1v) is 10.8. The standard InChI is InChI=1S/C25H27N3O5/c1-24(2,3)33-23(31)28-15-25(16-28)12-19-11-18(13-26-21(19)27-22(25)30)9-10-20(29)32-14-17-7-5-4-6-8-17/h4-11,13H,12,14-16H2,1-3H3,(H,26,27,30). The third-order valence-corrected chi connectivity index (χ3v) is 5.50. The highest BCUT2D eigenvalue weighted by atomic mass is 16.6. The van der Waals surface area contributed by atoms with Gasteiger partial charge in [-0.05, 0) is 56.0 Å². The van der Waals surface area contributed by atoms with E-state index < -0.39 is 23.1 Å². The summed E-state index contributed by atoms with van der Waals surface area (Å²) in [6.45, 7) is 6.21. The second-order valence-electron chi connectivity index (χ2n) is 9.45. The lowest BCUT2D eigenvalue weighted by Gasteiger charge is -2.50. The molecule has 8 heteroatoms. The topological polar surface area (TPSA) is 97.8 Å². The first-order valence-electron chi connectivity index (χ1n) is 10.8. The molecule has 2 aliphatic rings. The lowest BCUT2D eigenvalue weighted by molar-refractivity contribution is -0.139. The van der Waals surface area contributed by atoms with Crippen LogP contribution in [0.25, 0.3) is 6.08 Å². The number of likely N-dealkylation sites (tertiary alicyclic amines) is 1. The van der Waals surface area contributed by atoms with E-state index in [-0.39, 0.29) is 12.5 Å². The molecular formula is C25H27N3O5. The lowest BCUT2D eigenvalue weighted by Crippen LogP contribution is -2.66. The number of nitrogens with one attached hydrogen (secondary N) is 1. The second kappa shape index (κ2) is 8.69. The third-order valence-electron chi connectivity index (χ3n) is 5.50. The van der Waals surface area contributed by atoms with Crippen molar-refractivity contribution < 1.29 is 23.9 Å². The summed E-state index contributed by atoms with van der Waals surface area (Å²) in [5.41, 5.74) is 1.21. The summed E-state index contributed by atoms with van der Waals surface area (Å²) in [6.07, 6.45) is 4.62. The summed E-state index contributed by atoms with van der Waals surface area (Å²) < 4.78 is 10.6. The molecule has 3 heterocycles. The minimum absolute atomic E-state index is 0.143. The fraction of sp³-hybridized carbons (Fsp3) is 0.360. The normalized spacial score (nSPS) is 16.7. The number of benzene rings is 1. The average molecular weight is 450 g/mol. The van der Waals surface area contributed by atoms with Crippen molar-refractivity contribution in [1.82, 2.24) is 9.88 Å². The van der Waals surface area contributed by atoms with E-state index in [2.05, 4.69) is 10.3 Å². The van der Waals surface area contributed by atoms with Crippen molar-refractivity contribution in [3.63, 3.8) is 0 Å². The van der Waals surface area contributed by atoms with Crippen LogP contribution in [0.15, 0.2) is 48.7 Å². The van der Waals surface area contributed by atoms with Gasteiger partial charge in [-0.2, -0.15) is 0 Å². The Morgan fingerprint density at radius 2 is 1.94 bits per heavy atom. The molecule has 0 radical (unpaired) electrons. The number of anilines is 1. The van der Waals surface area contributed by atoms with E-state index in [1.807, 2.05) is 57.2 Å². The number of carbonyl (C=O) groups is 3. The number of aromatic nitrogens is 1. The van der Waals surface area contributed by atoms with Crippen molar-refractivity contribution >= 4 is 29.9 Å². The van der Waals surface area contributed by atoms with Crippen LogP contribution in [0.4, 0.5) is 10.6 Å². The molecule has 1 fully saturated rings. The maximum atomic E-state index is 12.7. The molecule has 2 amide bonds. The predicted octanol–water partition coefficient (Wildman–Crippen LogP) is 3.57. The Kier molecular flexibility index (Phi) is 5.93. The summed E-state index contributed by atoms with van der Waals surface area (Å²) in [5.74, 6) is -0.0893. The number of amides is 2. The fourth-order valence-electron chi connectivity index (χ4n) is 3.89. The van der Waals surface area contributed by atoms with Gasteiger partial charge in [0.25, 0.3) is 0 Å². The maximum absolute atomic E-state index is 12.7. The van der Waals surface area contributed by atoms with Gasteiger partial charge in [0.15, 0.2) is 0 Å². The molecule has 0 bridgehead atoms. The summed E-state index contributed by atoms with van der Waals surface area (Å²) in [7, 11) is 0. The summed E-state index contributed by atoms with van der Waals surface area (Å²) in [6, 6.07) is 11.3. The summed E-state index contributed by atoms with van der Waals surface area (Å²) >= 11 is 0. The first kappa shape index (κ1) is 22.5. The van der Waals surface area contributed by atoms with Gasteiger partial charge in [-0.3, -0.25) is 4.79 Å². The second-order valence-corrected chi connectivity index (χ2v) is 9.45. The predicted molar refractivity (Wildman–Crippen MR) is 122 cm³/mol. The molecule has 2 aliphatic heterocycles. The molecule has 1 N–H and O–H groups in total. The van der Waals surface area contributed by atoms with Crippen molar-refractivity contribution in [3.05, 3.63) is 65.4 Å². The lowest BCUT2D eigenvalue weighted by atomic mass is 9.72. The van der Waals surface area contributed by atoms with Crippen LogP contribution in [0.3, 0.4) is 0 Å². The monoisotopic (exact) mass is 449 g/mol. The molecule has 8 nitrogen and oxygen atoms in total. The number of fused-ring (bicyclic) bond motifs is 1. The van der Waals surface area contributed by atoms with Crippen LogP contribution in [0.5, 0.6) is 0 Å². The molecule has 33 heavy (non-hydrogen) atoms. The number of pyridine rings is 1. The Balaban J connectivity index is 1.38. The van der Waals surface area contributed by atoms with Crippen LogP contribution < -0.4 is 5.32 Å². The van der Waals surface area contributed by atoms with E-state index >= 15 is 0 Å². The Labute approximate surface area is 192 Å². The van der Waals surface area contributed by atoms with Crippen molar-refractivity contribution in [3.8, 4) is 0 Å². The van der Waals surface area contributed by atoms with E-state index in [0.29, 0.717) is 25.3 Å². The highest BCUT2D eigenvalue weighted by Gasteiger charge is 2.54. The van der Waals surface area contributed by atoms with Gasteiger partial charge in [0, 0.05) is 25.4 Å². The Morgan fingerprint density at radius 3 is 2.64 bits per heavy atom. The molecule has 2 aromatic rings. The smallest absolute Gasteiger partial charge is 0.410 e. The Hall–Kier alpha value is -3.68. The van der Waals surface area contributed by atoms with Crippen molar-refractivity contribution in [2.75, 3.05) is 18.4 Å². The molecule has 1 saturated heterocycles. The zero-order chi connectivity index (χ0) is 23.6. The number of esters is 1. The first-order chi connectivity index (χ1) is 15.6. The number of carbonyl (C=O) groups excluding carboxylic acids is 3. The summed E-state index contributed by atoms with van der Waals surface area (Å²) in [5, 5.41) is 2.85. The molecule has 0 unspecified atom stereocenters. The zero-order valence-electron chi connectivity index (χ0n) is 19.0. The van der Waals surface area contributed by atoms with Gasteiger partial charge < -0.3 is 19.7 Å². The van der Waals surface area contributed by atoms with Gasteiger partial charge in [-0.15, -0.1) is 0 Å². The SMILES string of the molecule is CC(C)(C)OC(=O)N1CC2(Cc3cc(C=CC(=O)OCc4ccccc4)cnc3NC2=O)C1. The van der Waals surface area contributed by atoms with Crippen LogP contribution in [0.1, 0.15) is 37.5 Å². The summed E-state index contributed by atoms with van der Waals surface area (Å²) in [4.78, 5) is 42.9. The number of rotatable bonds is 4. The molecule has 4 rings (SSSR count). The molecule has 1 spiro atoms. The van der Waals surface area contributed by atoms with E-state index in [9.17, 15) is 14.4 Å². The van der Waals surface area contributed by atoms with Crippen LogP contribution in [0.2, 0.25) is 0 Å². The fourth-order valence-corrected chi connectivity index (χ4v) is 3.89. The minimum atomic E-state index is -0.692. The quantitative estimate of drug-likeness (QED) is 0.566. The Bertz CT molecular complexity index is 1100. The van der Waals surface area contributed by atoms with Crippen LogP contribution in [-0.4, -0.2) is 46.5 Å². The maximum Gasteiger partial charge on any atom is 0.410 e. The van der Waals surface area contributed by atoms with Crippen molar-refractivity contribution in [1.29, 1.82) is 0 Å². The molecule has 0 saturated carbocycles. The van der Waals surface area contributed by atoms with Gasteiger partial charge >= 0.3 is 12.1 Å². The molecule has 0 atom stereocenters. The van der Waals surface area contributed by atoms with E-state index in [0.717, 1.165) is 16.7 Å². The van der Waals surface area contributed by atoms with Gasteiger partial charge in [-0.1, -0.05) is 30.3 Å². The van der Waals surface area contributed by atoms with Crippen LogP contribution in [-0.2, 0) is 32.1 Å². The van der Waals surface area contributed by atoms with Crippen LogP contribution in [0, 0.1) is 5.41 Å². The van der Waals surface area contributed by atoms with Gasteiger partial charge in [0.2, 0.25) is 5.91 Å². The minimum Gasteiger partial charge on any atom is -0.458 e. The molecule has 0 aliphatic carbocycles. The van der Waals surface area contributed by atoms with Crippen LogP contribution >= 0.6 is 0 Å². The van der Waals surface area contributed by atoms with Crippen molar-refractivity contribution in [2.45, 2.75) is 39.4 Å². The molecular weight excluding hydrogens is 422 g/mol. The average Bonchev–Trinajstić information content (AvgIpc) is 2.73. The van der Waals surface area contributed by atoms with E-state index in [1.165, 1.54) is 11.0 Å². The molecule has 1 aromatic heterocycles. The highest BCUT2D eigenvalue weighted by Crippen LogP contribution is 2.41. The number of ether oxygens (including phenoxy) is 2. The highest BCUT2D eigenvalue weighted by molar-refractivity contribution is 5.99. The van der Waals surface area contributed by atoms with E-state index in [1.54, 1.807) is 12.3 Å². The third kappa shape index (κ3) is 5.22. The molecule has 1 aromatic carbocycles. The number of hydrogen-bond donors (Lipinski definition) is 1. The zero-order valence-corrected chi connectivity index (χ0v) is 19.0.